The van der Waals surface area contributed by atoms with Gasteiger partial charge < -0.3 is 10.6 Å². The molecule has 1 heterocycles. The van der Waals surface area contributed by atoms with Crippen LogP contribution >= 0.6 is 0 Å². The van der Waals surface area contributed by atoms with Crippen LogP contribution in [0.25, 0.3) is 0 Å². The molecule has 2 aromatic rings. The average molecular weight is 332 g/mol. The molecule has 0 fully saturated rings. The van der Waals surface area contributed by atoms with Gasteiger partial charge in [0.25, 0.3) is 0 Å². The van der Waals surface area contributed by atoms with Crippen LogP contribution in [0.5, 0.6) is 0 Å². The van der Waals surface area contributed by atoms with Crippen molar-refractivity contribution in [1.82, 2.24) is 0 Å². The number of anilines is 2. The van der Waals surface area contributed by atoms with Gasteiger partial charge in [0.05, 0.1) is 17.4 Å². The van der Waals surface area contributed by atoms with Crippen molar-refractivity contribution in [3.63, 3.8) is 0 Å². The van der Waals surface area contributed by atoms with Gasteiger partial charge in [0.2, 0.25) is 0 Å². The molecule has 4 rings (SSSR count). The summed E-state index contributed by atoms with van der Waals surface area (Å²) in [7, 11) is 0. The first-order valence-electron chi connectivity index (χ1n) is 8.89. The zero-order valence-corrected chi connectivity index (χ0v) is 15.0. The zero-order valence-electron chi connectivity index (χ0n) is 15.0. The van der Waals surface area contributed by atoms with Crippen molar-refractivity contribution < 1.29 is 4.79 Å². The van der Waals surface area contributed by atoms with Gasteiger partial charge in [0.1, 0.15) is 0 Å². The highest BCUT2D eigenvalue weighted by atomic mass is 16.1. The lowest BCUT2D eigenvalue weighted by Gasteiger charge is -2.34. The first-order valence-corrected chi connectivity index (χ1v) is 8.89. The Morgan fingerprint density at radius 1 is 0.960 bits per heavy atom. The molecule has 0 saturated carbocycles. The van der Waals surface area contributed by atoms with Crippen LogP contribution in [0, 0.1) is 12.3 Å². The maximum atomic E-state index is 13.1. The number of carbonyl (C=O) groups excluding carboxylic acids is 1. The van der Waals surface area contributed by atoms with Crippen LogP contribution in [-0.4, -0.2) is 5.78 Å². The summed E-state index contributed by atoms with van der Waals surface area (Å²) in [6.45, 7) is 6.45. The van der Waals surface area contributed by atoms with Crippen LogP contribution in [-0.2, 0) is 4.79 Å². The molecule has 1 aliphatic heterocycles. The first-order chi connectivity index (χ1) is 11.9. The molecule has 0 amide bonds. The van der Waals surface area contributed by atoms with Crippen LogP contribution < -0.4 is 10.6 Å². The molecule has 1 atom stereocenters. The normalized spacial score (nSPS) is 21.6. The molecule has 0 spiro atoms. The first kappa shape index (κ1) is 15.9. The molecule has 2 N–H and O–H groups in total. The number of hydrogen-bond donors (Lipinski definition) is 2. The monoisotopic (exact) mass is 332 g/mol. The van der Waals surface area contributed by atoms with Gasteiger partial charge in [-0.3, -0.25) is 4.79 Å². The Hall–Kier alpha value is -2.55. The molecule has 0 radical (unpaired) electrons. The van der Waals surface area contributed by atoms with Crippen molar-refractivity contribution in [3.05, 3.63) is 70.9 Å². The van der Waals surface area contributed by atoms with Gasteiger partial charge in [0, 0.05) is 17.7 Å². The number of Topliss-reactive ketones (excluding diaryl/α,β-unsaturated/α-hetero) is 1. The quantitative estimate of drug-likeness (QED) is 0.752. The largest absolute Gasteiger partial charge is 0.372 e. The lowest BCUT2D eigenvalue weighted by molar-refractivity contribution is -0.118. The van der Waals surface area contributed by atoms with Crippen LogP contribution in [0.1, 0.15) is 43.9 Å². The Kier molecular flexibility index (Phi) is 3.68. The number of nitrogens with one attached hydrogen (secondary N) is 2. The van der Waals surface area contributed by atoms with Crippen molar-refractivity contribution >= 4 is 17.2 Å². The summed E-state index contributed by atoms with van der Waals surface area (Å²) in [6, 6.07) is 16.4. The lowest BCUT2D eigenvalue weighted by Crippen LogP contribution is -2.31. The fraction of sp³-hybridized carbons (Fsp3) is 0.318. The zero-order chi connectivity index (χ0) is 17.6. The van der Waals surface area contributed by atoms with E-state index in [2.05, 4.69) is 55.7 Å². The van der Waals surface area contributed by atoms with Gasteiger partial charge in [0.15, 0.2) is 5.78 Å². The number of hydrogen-bond acceptors (Lipinski definition) is 3. The third kappa shape index (κ3) is 2.84. The Balaban J connectivity index is 1.92. The van der Waals surface area contributed by atoms with E-state index in [1.165, 1.54) is 11.1 Å². The fourth-order valence-corrected chi connectivity index (χ4v) is 4.03. The molecule has 1 aliphatic carbocycles. The van der Waals surface area contributed by atoms with Crippen molar-refractivity contribution in [1.29, 1.82) is 0 Å². The summed E-state index contributed by atoms with van der Waals surface area (Å²) in [5.41, 5.74) is 6.38. The predicted octanol–water partition coefficient (Wildman–Crippen LogP) is 5.22. The average Bonchev–Trinajstić information content (AvgIpc) is 2.70. The second kappa shape index (κ2) is 5.76. The highest BCUT2D eigenvalue weighted by Gasteiger charge is 2.38. The van der Waals surface area contributed by atoms with Gasteiger partial charge in [-0.1, -0.05) is 50.2 Å². The van der Waals surface area contributed by atoms with Crippen LogP contribution in [0.2, 0.25) is 0 Å². The van der Waals surface area contributed by atoms with E-state index in [1.54, 1.807) is 0 Å². The van der Waals surface area contributed by atoms with Gasteiger partial charge in [-0.15, -0.1) is 0 Å². The van der Waals surface area contributed by atoms with E-state index in [-0.39, 0.29) is 17.2 Å². The van der Waals surface area contributed by atoms with Crippen LogP contribution in [0.3, 0.4) is 0 Å². The second-order valence-electron chi connectivity index (χ2n) is 7.94. The maximum absolute atomic E-state index is 13.1. The van der Waals surface area contributed by atoms with Crippen LogP contribution in [0.4, 0.5) is 11.4 Å². The predicted molar refractivity (Wildman–Crippen MR) is 103 cm³/mol. The summed E-state index contributed by atoms with van der Waals surface area (Å²) >= 11 is 0. The smallest absolute Gasteiger partial charge is 0.163 e. The number of benzene rings is 2. The van der Waals surface area contributed by atoms with Gasteiger partial charge >= 0.3 is 0 Å². The summed E-state index contributed by atoms with van der Waals surface area (Å²) in [4.78, 5) is 13.1. The highest BCUT2D eigenvalue weighted by molar-refractivity contribution is 6.01. The van der Waals surface area contributed by atoms with E-state index < -0.39 is 0 Å². The van der Waals surface area contributed by atoms with Gasteiger partial charge in [-0.25, -0.2) is 0 Å². The number of carbonyl (C=O) groups is 1. The Morgan fingerprint density at radius 2 is 1.64 bits per heavy atom. The number of fused-ring (bicyclic) bond motifs is 1. The summed E-state index contributed by atoms with van der Waals surface area (Å²) in [6.07, 6.45) is 1.47. The molecule has 0 unspecified atom stereocenters. The minimum atomic E-state index is -0.115. The van der Waals surface area contributed by atoms with Crippen molar-refractivity contribution in [3.8, 4) is 0 Å². The Morgan fingerprint density at radius 3 is 2.40 bits per heavy atom. The molecular formula is C22H24N2O. The molecule has 0 aromatic heterocycles. The van der Waals surface area contributed by atoms with Crippen molar-refractivity contribution in [2.45, 2.75) is 39.7 Å². The van der Waals surface area contributed by atoms with Gasteiger partial charge in [-0.05, 0) is 42.0 Å². The Labute approximate surface area is 149 Å². The summed E-state index contributed by atoms with van der Waals surface area (Å²) in [5.74, 6) is 0.243. The standard InChI is InChI=1S/C22H24N2O/c1-14-8-4-5-9-15(14)21-20-18(12-22(2,3)13-19(20)25)23-16-10-6-7-11-17(16)24-21/h4-11,21,23-24H,12-13H2,1-3H3/t21-/m1/s1. The number of ketones is 1. The molecule has 2 aliphatic rings. The molecule has 3 nitrogen and oxygen atoms in total. The van der Waals surface area contributed by atoms with E-state index >= 15 is 0 Å². The third-order valence-corrected chi connectivity index (χ3v) is 5.22. The van der Waals surface area contributed by atoms with E-state index in [0.29, 0.717) is 6.42 Å². The van der Waals surface area contributed by atoms with Crippen molar-refractivity contribution in [2.24, 2.45) is 5.41 Å². The fourth-order valence-electron chi connectivity index (χ4n) is 4.03. The highest BCUT2D eigenvalue weighted by Crippen LogP contribution is 2.45. The van der Waals surface area contributed by atoms with E-state index in [0.717, 1.165) is 29.1 Å². The molecule has 0 saturated heterocycles. The number of para-hydroxylation sites is 2. The molecule has 2 aromatic carbocycles. The minimum Gasteiger partial charge on any atom is -0.372 e. The molecular weight excluding hydrogens is 308 g/mol. The molecule has 128 valence electrons. The second-order valence-corrected chi connectivity index (χ2v) is 7.94. The van der Waals surface area contributed by atoms with Crippen molar-refractivity contribution in [2.75, 3.05) is 10.6 Å². The minimum absolute atomic E-state index is 0.0154. The lowest BCUT2D eigenvalue weighted by atomic mass is 9.73. The molecule has 25 heavy (non-hydrogen) atoms. The van der Waals surface area contributed by atoms with E-state index in [4.69, 9.17) is 0 Å². The number of rotatable bonds is 1. The molecule has 3 heteroatoms. The SMILES string of the molecule is Cc1ccccc1[C@H]1Nc2ccccc2NC2=C1C(=O)CC(C)(C)C2. The number of aryl methyl sites for hydroxylation is 1. The summed E-state index contributed by atoms with van der Waals surface area (Å²) in [5, 5.41) is 7.20. The van der Waals surface area contributed by atoms with E-state index in [1.807, 2.05) is 24.3 Å². The number of allylic oxidation sites excluding steroid dienone is 1. The van der Waals surface area contributed by atoms with E-state index in [9.17, 15) is 4.79 Å². The van der Waals surface area contributed by atoms with Crippen LogP contribution in [0.15, 0.2) is 59.8 Å². The maximum Gasteiger partial charge on any atom is 0.163 e. The summed E-state index contributed by atoms with van der Waals surface area (Å²) < 4.78 is 0. The third-order valence-electron chi connectivity index (χ3n) is 5.22. The topological polar surface area (TPSA) is 41.1 Å². The Bertz CT molecular complexity index is 879. The van der Waals surface area contributed by atoms with Gasteiger partial charge in [-0.2, -0.15) is 0 Å². The molecule has 0 bridgehead atoms.